The fourth-order valence-electron chi connectivity index (χ4n) is 1.98. The van der Waals surface area contributed by atoms with Gasteiger partial charge in [0.15, 0.2) is 5.65 Å². The van der Waals surface area contributed by atoms with Gasteiger partial charge >= 0.3 is 0 Å². The van der Waals surface area contributed by atoms with E-state index in [2.05, 4.69) is 26.8 Å². The molecule has 0 aliphatic rings. The van der Waals surface area contributed by atoms with E-state index in [0.29, 0.717) is 5.65 Å². The van der Waals surface area contributed by atoms with Gasteiger partial charge < -0.3 is 9.32 Å². The molecule has 3 aromatic heterocycles. The summed E-state index contributed by atoms with van der Waals surface area (Å²) in [5.74, 6) is 0.900. The Morgan fingerprint density at radius 3 is 2.84 bits per heavy atom. The fourth-order valence-corrected chi connectivity index (χ4v) is 1.98. The van der Waals surface area contributed by atoms with Gasteiger partial charge in [-0.1, -0.05) is 0 Å². The van der Waals surface area contributed by atoms with Gasteiger partial charge in [0.05, 0.1) is 12.5 Å². The molecule has 0 spiro atoms. The molecule has 0 aromatic carbocycles. The summed E-state index contributed by atoms with van der Waals surface area (Å²) >= 11 is 0. The number of pyridine rings is 1. The van der Waals surface area contributed by atoms with Crippen molar-refractivity contribution in [3.05, 3.63) is 48.7 Å². The standard InChI is InChI=1S/C14H14N4O/c1-2-18(9-11-5-8-19-10-11)13-4-3-12-14(17-13)16-7-6-15-12/h3-8,10H,2,9H2,1H3. The molecule has 19 heavy (non-hydrogen) atoms. The van der Waals surface area contributed by atoms with Crippen molar-refractivity contribution in [2.24, 2.45) is 0 Å². The van der Waals surface area contributed by atoms with Crippen LogP contribution in [-0.4, -0.2) is 21.5 Å². The van der Waals surface area contributed by atoms with Crippen LogP contribution in [0.5, 0.6) is 0 Å². The molecule has 96 valence electrons. The summed E-state index contributed by atoms with van der Waals surface area (Å²) in [6.07, 6.45) is 6.77. The van der Waals surface area contributed by atoms with E-state index in [9.17, 15) is 0 Å². The van der Waals surface area contributed by atoms with Crippen molar-refractivity contribution in [1.29, 1.82) is 0 Å². The third-order valence-electron chi connectivity index (χ3n) is 2.98. The van der Waals surface area contributed by atoms with Gasteiger partial charge in [0.1, 0.15) is 11.3 Å². The van der Waals surface area contributed by atoms with E-state index in [1.807, 2.05) is 18.2 Å². The van der Waals surface area contributed by atoms with Crippen molar-refractivity contribution in [2.45, 2.75) is 13.5 Å². The van der Waals surface area contributed by atoms with E-state index in [1.54, 1.807) is 24.9 Å². The minimum Gasteiger partial charge on any atom is -0.472 e. The normalized spacial score (nSPS) is 10.8. The average molecular weight is 254 g/mol. The maximum absolute atomic E-state index is 5.10. The molecule has 0 N–H and O–H groups in total. The second-order valence-electron chi connectivity index (χ2n) is 4.21. The van der Waals surface area contributed by atoms with E-state index in [-0.39, 0.29) is 0 Å². The maximum atomic E-state index is 5.10. The molecule has 3 rings (SSSR count). The fraction of sp³-hybridized carbons (Fsp3) is 0.214. The number of hydrogen-bond acceptors (Lipinski definition) is 5. The predicted molar refractivity (Wildman–Crippen MR) is 72.8 cm³/mol. The Labute approximate surface area is 110 Å². The van der Waals surface area contributed by atoms with Crippen molar-refractivity contribution in [3.8, 4) is 0 Å². The SMILES string of the molecule is CCN(Cc1ccoc1)c1ccc2nccnc2n1. The third kappa shape index (κ3) is 2.40. The number of nitrogens with zero attached hydrogens (tertiary/aromatic N) is 4. The Kier molecular flexibility index (Phi) is 3.10. The Morgan fingerprint density at radius 2 is 2.05 bits per heavy atom. The molecule has 0 radical (unpaired) electrons. The molecule has 3 aromatic rings. The number of fused-ring (bicyclic) bond motifs is 1. The van der Waals surface area contributed by atoms with Gasteiger partial charge in [-0.2, -0.15) is 0 Å². The zero-order chi connectivity index (χ0) is 13.1. The van der Waals surface area contributed by atoms with Crippen molar-refractivity contribution < 1.29 is 4.42 Å². The quantitative estimate of drug-likeness (QED) is 0.716. The van der Waals surface area contributed by atoms with E-state index >= 15 is 0 Å². The molecule has 3 heterocycles. The predicted octanol–water partition coefficient (Wildman–Crippen LogP) is 2.64. The average Bonchev–Trinajstić information content (AvgIpc) is 2.97. The second kappa shape index (κ2) is 5.06. The van der Waals surface area contributed by atoms with Gasteiger partial charge in [-0.25, -0.2) is 9.97 Å². The summed E-state index contributed by atoms with van der Waals surface area (Å²) in [7, 11) is 0. The molecule has 0 aliphatic heterocycles. The Morgan fingerprint density at radius 1 is 1.16 bits per heavy atom. The lowest BCUT2D eigenvalue weighted by molar-refractivity contribution is 0.563. The summed E-state index contributed by atoms with van der Waals surface area (Å²) < 4.78 is 5.10. The summed E-state index contributed by atoms with van der Waals surface area (Å²) in [4.78, 5) is 15.2. The highest BCUT2D eigenvalue weighted by Gasteiger charge is 2.09. The largest absolute Gasteiger partial charge is 0.472 e. The zero-order valence-corrected chi connectivity index (χ0v) is 10.7. The van der Waals surface area contributed by atoms with Crippen LogP contribution in [0.25, 0.3) is 11.2 Å². The molecular weight excluding hydrogens is 240 g/mol. The molecule has 0 saturated heterocycles. The Balaban J connectivity index is 1.92. The highest BCUT2D eigenvalue weighted by molar-refractivity contribution is 5.71. The Hall–Kier alpha value is -2.43. The molecule has 5 heteroatoms. The van der Waals surface area contributed by atoms with Gasteiger partial charge in [0.2, 0.25) is 0 Å². The molecule has 0 fully saturated rings. The van der Waals surface area contributed by atoms with Gasteiger partial charge in [-0.15, -0.1) is 0 Å². The van der Waals surface area contributed by atoms with Gasteiger partial charge in [-0.3, -0.25) is 4.98 Å². The molecule has 0 unspecified atom stereocenters. The lowest BCUT2D eigenvalue weighted by Crippen LogP contribution is -2.22. The third-order valence-corrected chi connectivity index (χ3v) is 2.98. The number of furan rings is 1. The minimum absolute atomic E-state index is 0.672. The maximum Gasteiger partial charge on any atom is 0.180 e. The first kappa shape index (κ1) is 11.6. The summed E-state index contributed by atoms with van der Waals surface area (Å²) in [5, 5.41) is 0. The molecule has 0 saturated carbocycles. The monoisotopic (exact) mass is 254 g/mol. The van der Waals surface area contributed by atoms with Gasteiger partial charge in [-0.05, 0) is 25.1 Å². The highest BCUT2D eigenvalue weighted by atomic mass is 16.3. The number of rotatable bonds is 4. The molecule has 0 atom stereocenters. The van der Waals surface area contributed by atoms with Crippen molar-refractivity contribution in [2.75, 3.05) is 11.4 Å². The smallest absolute Gasteiger partial charge is 0.180 e. The van der Waals surface area contributed by atoms with Gasteiger partial charge in [0, 0.05) is 31.0 Å². The molecule has 0 bridgehead atoms. The van der Waals surface area contributed by atoms with Crippen LogP contribution in [0, 0.1) is 0 Å². The van der Waals surface area contributed by atoms with E-state index in [1.165, 1.54) is 0 Å². The van der Waals surface area contributed by atoms with E-state index in [4.69, 9.17) is 4.42 Å². The van der Waals surface area contributed by atoms with Crippen LogP contribution in [0.4, 0.5) is 5.82 Å². The first-order chi connectivity index (χ1) is 9.36. The van der Waals surface area contributed by atoms with E-state index in [0.717, 1.165) is 30.0 Å². The lowest BCUT2D eigenvalue weighted by atomic mass is 10.3. The van der Waals surface area contributed by atoms with Crippen LogP contribution >= 0.6 is 0 Å². The number of anilines is 1. The molecule has 0 aliphatic carbocycles. The first-order valence-electron chi connectivity index (χ1n) is 6.20. The topological polar surface area (TPSA) is 55.1 Å². The van der Waals surface area contributed by atoms with E-state index < -0.39 is 0 Å². The highest BCUT2D eigenvalue weighted by Crippen LogP contribution is 2.17. The number of aromatic nitrogens is 3. The van der Waals surface area contributed by atoms with Crippen LogP contribution in [-0.2, 0) is 6.54 Å². The second-order valence-corrected chi connectivity index (χ2v) is 4.21. The number of hydrogen-bond donors (Lipinski definition) is 0. The summed E-state index contributed by atoms with van der Waals surface area (Å²) in [5.41, 5.74) is 2.61. The van der Waals surface area contributed by atoms with Crippen LogP contribution in [0.1, 0.15) is 12.5 Å². The van der Waals surface area contributed by atoms with Gasteiger partial charge in [0.25, 0.3) is 0 Å². The summed E-state index contributed by atoms with van der Waals surface area (Å²) in [6, 6.07) is 5.88. The van der Waals surface area contributed by atoms with Crippen molar-refractivity contribution >= 4 is 17.0 Å². The molecular formula is C14H14N4O. The zero-order valence-electron chi connectivity index (χ0n) is 10.7. The Bertz CT molecular complexity index is 666. The lowest BCUT2D eigenvalue weighted by Gasteiger charge is -2.21. The van der Waals surface area contributed by atoms with Crippen LogP contribution in [0.2, 0.25) is 0 Å². The van der Waals surface area contributed by atoms with Crippen LogP contribution < -0.4 is 4.90 Å². The minimum atomic E-state index is 0.672. The van der Waals surface area contributed by atoms with Crippen molar-refractivity contribution in [1.82, 2.24) is 15.0 Å². The molecule has 0 amide bonds. The van der Waals surface area contributed by atoms with Crippen molar-refractivity contribution in [3.63, 3.8) is 0 Å². The molecule has 5 nitrogen and oxygen atoms in total. The van der Waals surface area contributed by atoms with Crippen LogP contribution in [0.15, 0.2) is 47.5 Å². The first-order valence-corrected chi connectivity index (χ1v) is 6.20. The summed E-state index contributed by atoms with van der Waals surface area (Å²) in [6.45, 7) is 3.73. The van der Waals surface area contributed by atoms with Crippen LogP contribution in [0.3, 0.4) is 0 Å².